The quantitative estimate of drug-likeness (QED) is 0.241. The minimum Gasteiger partial charge on any atom is -0.569 e. The van der Waals surface area contributed by atoms with Gasteiger partial charge in [-0.15, -0.1) is 5.01 Å². The van der Waals surface area contributed by atoms with E-state index in [2.05, 4.69) is 5.28 Å². The largest absolute Gasteiger partial charge is 0.569 e. The van der Waals surface area contributed by atoms with E-state index in [0.717, 1.165) is 12.8 Å². The Balaban J connectivity index is 2.14. The van der Waals surface area contributed by atoms with Crippen LogP contribution in [0.2, 0.25) is 0 Å². The van der Waals surface area contributed by atoms with Crippen LogP contribution in [0.1, 0.15) is 52.9 Å². The van der Waals surface area contributed by atoms with Crippen LogP contribution in [0.5, 0.6) is 0 Å². The third-order valence-electron chi connectivity index (χ3n) is 3.19. The predicted octanol–water partition coefficient (Wildman–Crippen LogP) is 1.76. The van der Waals surface area contributed by atoms with Gasteiger partial charge >= 0.3 is 5.97 Å². The lowest BCUT2D eigenvalue weighted by Gasteiger charge is -2.19. The number of unbranched alkanes of at least 4 members (excludes halogenated alkanes) is 1. The standard InChI is InChI=1S/C14H27N3O5/c1-14(2,3)22-13(19)8-4-5-10-21-15-17(20)16-9-6-7-12(16)11-18/h12,18H,4-11H2,1-3H3/b17-15-/t12-/m0/s1. The van der Waals surface area contributed by atoms with E-state index < -0.39 is 5.60 Å². The van der Waals surface area contributed by atoms with Gasteiger partial charge in [0, 0.05) is 6.42 Å². The second kappa shape index (κ2) is 8.77. The van der Waals surface area contributed by atoms with Gasteiger partial charge in [-0.05, 0) is 46.5 Å². The number of carbonyl (C=O) groups excluding carboxylic acids is 1. The molecule has 1 heterocycles. The fourth-order valence-electron chi connectivity index (χ4n) is 2.20. The summed E-state index contributed by atoms with van der Waals surface area (Å²) in [4.78, 5) is 16.8. The molecule has 0 saturated carbocycles. The first-order valence-electron chi connectivity index (χ1n) is 7.73. The SMILES string of the molecule is CC(C)(C)OC(=O)CCCCO/N=[N+](\[O-])N1CCC[C@H]1CO. The summed E-state index contributed by atoms with van der Waals surface area (Å²) < 4.78 is 5.18. The second-order valence-corrected chi connectivity index (χ2v) is 6.35. The summed E-state index contributed by atoms with van der Waals surface area (Å²) in [5.41, 5.74) is -0.467. The maximum Gasteiger partial charge on any atom is 0.306 e. The van der Waals surface area contributed by atoms with E-state index in [9.17, 15) is 10.0 Å². The van der Waals surface area contributed by atoms with E-state index in [4.69, 9.17) is 14.7 Å². The van der Waals surface area contributed by atoms with Gasteiger partial charge < -0.3 is 19.9 Å². The molecule has 1 atom stereocenters. The lowest BCUT2D eigenvalue weighted by Crippen LogP contribution is -2.37. The van der Waals surface area contributed by atoms with Crippen LogP contribution >= 0.6 is 0 Å². The minimum atomic E-state index is -0.467. The lowest BCUT2D eigenvalue weighted by molar-refractivity contribution is -0.714. The van der Waals surface area contributed by atoms with Gasteiger partial charge in [0.1, 0.15) is 18.2 Å². The van der Waals surface area contributed by atoms with Gasteiger partial charge in [0.05, 0.1) is 18.1 Å². The Morgan fingerprint density at radius 2 is 2.18 bits per heavy atom. The highest BCUT2D eigenvalue weighted by Gasteiger charge is 2.30. The smallest absolute Gasteiger partial charge is 0.306 e. The monoisotopic (exact) mass is 317 g/mol. The van der Waals surface area contributed by atoms with Gasteiger partial charge in [-0.2, -0.15) is 0 Å². The number of hydrogen-bond acceptors (Lipinski definition) is 6. The molecule has 0 bridgehead atoms. The molecule has 0 unspecified atom stereocenters. The first-order valence-corrected chi connectivity index (χ1v) is 7.73. The van der Waals surface area contributed by atoms with Gasteiger partial charge in [0.15, 0.2) is 0 Å². The molecule has 1 fully saturated rings. The number of hydrazine groups is 1. The van der Waals surface area contributed by atoms with Gasteiger partial charge in [0.25, 0.3) is 0 Å². The summed E-state index contributed by atoms with van der Waals surface area (Å²) in [6, 6.07) is -0.183. The summed E-state index contributed by atoms with van der Waals surface area (Å²) >= 11 is 0. The number of aliphatic hydroxyl groups is 1. The fourth-order valence-corrected chi connectivity index (χ4v) is 2.20. The zero-order valence-electron chi connectivity index (χ0n) is 13.7. The van der Waals surface area contributed by atoms with Crippen LogP contribution in [0.25, 0.3) is 0 Å². The molecule has 0 aliphatic carbocycles. The molecule has 128 valence electrons. The second-order valence-electron chi connectivity index (χ2n) is 6.35. The molecule has 0 radical (unpaired) electrons. The van der Waals surface area contributed by atoms with Crippen LogP contribution in [-0.4, -0.2) is 52.5 Å². The molecule has 1 N–H and O–H groups in total. The molecule has 1 aliphatic heterocycles. The van der Waals surface area contributed by atoms with Crippen molar-refractivity contribution >= 4 is 5.97 Å². The molecule has 8 nitrogen and oxygen atoms in total. The molecular weight excluding hydrogens is 290 g/mol. The van der Waals surface area contributed by atoms with E-state index >= 15 is 0 Å². The van der Waals surface area contributed by atoms with Crippen molar-refractivity contribution in [2.24, 2.45) is 5.28 Å². The van der Waals surface area contributed by atoms with Crippen LogP contribution in [0.3, 0.4) is 0 Å². The number of carbonyl (C=O) groups is 1. The van der Waals surface area contributed by atoms with Crippen LogP contribution in [0.4, 0.5) is 0 Å². The summed E-state index contributed by atoms with van der Waals surface area (Å²) in [5, 5.41) is 25.7. The summed E-state index contributed by atoms with van der Waals surface area (Å²) in [7, 11) is 0. The number of ether oxygens (including phenoxy) is 1. The first kappa shape index (κ1) is 18.5. The number of nitrogens with zero attached hydrogens (tertiary/aromatic N) is 3. The van der Waals surface area contributed by atoms with E-state index in [1.807, 2.05) is 20.8 Å². The Bertz CT molecular complexity index is 381. The van der Waals surface area contributed by atoms with E-state index in [1.165, 1.54) is 5.01 Å². The topological polar surface area (TPSA) is 97.4 Å². The summed E-state index contributed by atoms with van der Waals surface area (Å²) in [6.45, 7) is 6.25. The van der Waals surface area contributed by atoms with Gasteiger partial charge in [-0.1, -0.05) is 0 Å². The number of aliphatic hydroxyl groups excluding tert-OH is 1. The molecule has 8 heteroatoms. The van der Waals surface area contributed by atoms with Gasteiger partial charge in [-0.3, -0.25) is 4.79 Å². The zero-order chi connectivity index (χ0) is 16.6. The zero-order valence-corrected chi connectivity index (χ0v) is 13.7. The van der Waals surface area contributed by atoms with Crippen molar-refractivity contribution in [3.8, 4) is 0 Å². The predicted molar refractivity (Wildman–Crippen MR) is 78.5 cm³/mol. The van der Waals surface area contributed by atoms with Crippen molar-refractivity contribution in [1.29, 1.82) is 0 Å². The Labute approximate surface area is 131 Å². The van der Waals surface area contributed by atoms with Gasteiger partial charge in [-0.25, -0.2) is 0 Å². The Morgan fingerprint density at radius 3 is 2.82 bits per heavy atom. The summed E-state index contributed by atoms with van der Waals surface area (Å²) in [5.74, 6) is -0.238. The van der Waals surface area contributed by atoms with Crippen LogP contribution in [0, 0.1) is 5.21 Å². The molecule has 1 saturated heterocycles. The molecule has 0 spiro atoms. The third kappa shape index (κ3) is 6.93. The molecule has 0 aromatic heterocycles. The maximum absolute atomic E-state index is 11.7. The normalized spacial score (nSPS) is 19.4. The molecule has 0 aromatic carbocycles. The molecule has 1 aliphatic rings. The van der Waals surface area contributed by atoms with E-state index in [0.29, 0.717) is 30.8 Å². The van der Waals surface area contributed by atoms with Crippen molar-refractivity contribution in [3.05, 3.63) is 5.21 Å². The van der Waals surface area contributed by atoms with Crippen molar-refractivity contribution in [2.75, 3.05) is 19.8 Å². The number of rotatable bonds is 8. The van der Waals surface area contributed by atoms with Crippen molar-refractivity contribution in [3.63, 3.8) is 0 Å². The highest BCUT2D eigenvalue weighted by atomic mass is 16.7. The van der Waals surface area contributed by atoms with Crippen LogP contribution in [-0.2, 0) is 14.4 Å². The lowest BCUT2D eigenvalue weighted by atomic mass is 10.2. The van der Waals surface area contributed by atoms with E-state index in [-0.39, 0.29) is 25.2 Å². The minimum absolute atomic E-state index is 0.0653. The number of esters is 1. The molecule has 1 rings (SSSR count). The van der Waals surface area contributed by atoms with Gasteiger partial charge in [0.2, 0.25) is 5.28 Å². The average Bonchev–Trinajstić information content (AvgIpc) is 2.88. The fraction of sp³-hybridized carbons (Fsp3) is 0.929. The molecule has 0 amide bonds. The van der Waals surface area contributed by atoms with E-state index in [1.54, 1.807) is 0 Å². The molecular formula is C14H27N3O5. The van der Waals surface area contributed by atoms with Crippen LogP contribution in [0.15, 0.2) is 5.28 Å². The average molecular weight is 317 g/mol. The third-order valence-corrected chi connectivity index (χ3v) is 3.19. The highest BCUT2D eigenvalue weighted by molar-refractivity contribution is 5.69. The molecule has 22 heavy (non-hydrogen) atoms. The number of hydrogen-bond donors (Lipinski definition) is 1. The highest BCUT2D eigenvalue weighted by Crippen LogP contribution is 2.16. The molecule has 0 aromatic rings. The van der Waals surface area contributed by atoms with Crippen molar-refractivity contribution < 1.29 is 24.4 Å². The maximum atomic E-state index is 11.7. The summed E-state index contributed by atoms with van der Waals surface area (Å²) in [6.07, 6.45) is 3.18. The first-order chi connectivity index (χ1) is 10.3. The van der Waals surface area contributed by atoms with Crippen LogP contribution < -0.4 is 0 Å². The van der Waals surface area contributed by atoms with Crippen molar-refractivity contribution in [1.82, 2.24) is 5.01 Å². The Morgan fingerprint density at radius 1 is 1.45 bits per heavy atom. The van der Waals surface area contributed by atoms with Crippen molar-refractivity contribution in [2.45, 2.75) is 64.5 Å². The Kier molecular flexibility index (Phi) is 7.37. The Hall–Kier alpha value is -1.57.